The molecule has 0 aliphatic rings. The molecule has 0 saturated heterocycles. The summed E-state index contributed by atoms with van der Waals surface area (Å²) in [4.78, 5) is 2.36. The standard InChI is InChI=1S/C26H25N/c1-26(2,3)21-13-10-16-23(19-21)27(22-14-5-4-6-15-22)25-18-9-12-20-11-7-8-17-24(20)25/h4-19H,1-3H3. The van der Waals surface area contributed by atoms with E-state index in [2.05, 4.69) is 123 Å². The molecule has 0 aliphatic heterocycles. The molecular weight excluding hydrogens is 326 g/mol. The van der Waals surface area contributed by atoms with Gasteiger partial charge in [0, 0.05) is 16.8 Å². The summed E-state index contributed by atoms with van der Waals surface area (Å²) in [5.74, 6) is 0. The van der Waals surface area contributed by atoms with E-state index in [1.165, 1.54) is 33.4 Å². The van der Waals surface area contributed by atoms with Gasteiger partial charge >= 0.3 is 0 Å². The van der Waals surface area contributed by atoms with Crippen molar-refractivity contribution >= 4 is 27.8 Å². The maximum atomic E-state index is 2.36. The maximum absolute atomic E-state index is 2.36. The number of rotatable bonds is 3. The Bertz CT molecular complexity index is 1050. The highest BCUT2D eigenvalue weighted by molar-refractivity contribution is 5.98. The van der Waals surface area contributed by atoms with E-state index in [0.717, 1.165) is 0 Å². The van der Waals surface area contributed by atoms with E-state index >= 15 is 0 Å². The first-order chi connectivity index (χ1) is 13.0. The van der Waals surface area contributed by atoms with Crippen molar-refractivity contribution in [3.63, 3.8) is 0 Å². The Balaban J connectivity index is 1.97. The fourth-order valence-corrected chi connectivity index (χ4v) is 3.52. The number of anilines is 3. The van der Waals surface area contributed by atoms with Crippen LogP contribution in [0.1, 0.15) is 26.3 Å². The van der Waals surface area contributed by atoms with E-state index in [4.69, 9.17) is 0 Å². The van der Waals surface area contributed by atoms with Crippen LogP contribution in [0.25, 0.3) is 10.8 Å². The summed E-state index contributed by atoms with van der Waals surface area (Å²) in [5, 5.41) is 2.51. The highest BCUT2D eigenvalue weighted by Gasteiger charge is 2.18. The third kappa shape index (κ3) is 3.46. The van der Waals surface area contributed by atoms with Crippen molar-refractivity contribution in [3.05, 3.63) is 103 Å². The molecule has 4 aromatic rings. The van der Waals surface area contributed by atoms with Gasteiger partial charge in [-0.1, -0.05) is 87.5 Å². The molecule has 1 heteroatoms. The molecule has 0 saturated carbocycles. The van der Waals surface area contributed by atoms with E-state index < -0.39 is 0 Å². The highest BCUT2D eigenvalue weighted by atomic mass is 15.1. The zero-order valence-corrected chi connectivity index (χ0v) is 16.2. The fraction of sp³-hybridized carbons (Fsp3) is 0.154. The molecule has 1 nitrogen and oxygen atoms in total. The third-order valence-electron chi connectivity index (χ3n) is 4.99. The van der Waals surface area contributed by atoms with Gasteiger partial charge < -0.3 is 4.90 Å². The maximum Gasteiger partial charge on any atom is 0.0540 e. The molecule has 0 amide bonds. The predicted octanol–water partition coefficient (Wildman–Crippen LogP) is 7.61. The molecule has 134 valence electrons. The van der Waals surface area contributed by atoms with Gasteiger partial charge in [-0.05, 0) is 46.7 Å². The van der Waals surface area contributed by atoms with E-state index in [-0.39, 0.29) is 5.41 Å². The van der Waals surface area contributed by atoms with Crippen molar-refractivity contribution in [2.75, 3.05) is 4.90 Å². The van der Waals surface area contributed by atoms with Gasteiger partial charge in [0.15, 0.2) is 0 Å². The monoisotopic (exact) mass is 351 g/mol. The van der Waals surface area contributed by atoms with E-state index in [1.54, 1.807) is 0 Å². The molecule has 0 aromatic heterocycles. The van der Waals surface area contributed by atoms with E-state index in [0.29, 0.717) is 0 Å². The fourth-order valence-electron chi connectivity index (χ4n) is 3.52. The summed E-state index contributed by atoms with van der Waals surface area (Å²) in [6, 6.07) is 34.6. The van der Waals surface area contributed by atoms with Gasteiger partial charge in [-0.25, -0.2) is 0 Å². The average molecular weight is 351 g/mol. The number of hydrogen-bond acceptors (Lipinski definition) is 1. The molecule has 0 radical (unpaired) electrons. The minimum atomic E-state index is 0.108. The molecule has 0 atom stereocenters. The molecule has 0 spiro atoms. The Morgan fingerprint density at radius 1 is 0.593 bits per heavy atom. The zero-order valence-electron chi connectivity index (χ0n) is 16.2. The van der Waals surface area contributed by atoms with Gasteiger partial charge in [-0.2, -0.15) is 0 Å². The SMILES string of the molecule is CC(C)(C)c1cccc(N(c2ccccc2)c2cccc3ccccc23)c1. The predicted molar refractivity (Wildman–Crippen MR) is 117 cm³/mol. The van der Waals surface area contributed by atoms with Crippen LogP contribution in [0.4, 0.5) is 17.1 Å². The van der Waals surface area contributed by atoms with Gasteiger partial charge in [0.05, 0.1) is 5.69 Å². The first kappa shape index (κ1) is 17.4. The smallest absolute Gasteiger partial charge is 0.0540 e. The van der Waals surface area contributed by atoms with Crippen LogP contribution in [0, 0.1) is 0 Å². The van der Waals surface area contributed by atoms with Crippen LogP contribution in [0.2, 0.25) is 0 Å². The lowest BCUT2D eigenvalue weighted by Crippen LogP contribution is -2.14. The average Bonchev–Trinajstić information content (AvgIpc) is 2.69. The molecule has 0 heterocycles. The van der Waals surface area contributed by atoms with Crippen LogP contribution in [0.15, 0.2) is 97.1 Å². The van der Waals surface area contributed by atoms with Crippen molar-refractivity contribution in [1.82, 2.24) is 0 Å². The number of fused-ring (bicyclic) bond motifs is 1. The summed E-state index contributed by atoms with van der Waals surface area (Å²) in [6.07, 6.45) is 0. The van der Waals surface area contributed by atoms with Crippen LogP contribution in [-0.4, -0.2) is 0 Å². The minimum Gasteiger partial charge on any atom is -0.310 e. The zero-order chi connectivity index (χ0) is 18.9. The van der Waals surface area contributed by atoms with Crippen LogP contribution >= 0.6 is 0 Å². The summed E-state index contributed by atoms with van der Waals surface area (Å²) in [7, 11) is 0. The quantitative estimate of drug-likeness (QED) is 0.367. The first-order valence-corrected chi connectivity index (χ1v) is 9.47. The normalized spacial score (nSPS) is 11.5. The lowest BCUT2D eigenvalue weighted by atomic mass is 9.87. The second kappa shape index (κ2) is 6.92. The van der Waals surface area contributed by atoms with Crippen molar-refractivity contribution in [1.29, 1.82) is 0 Å². The Morgan fingerprint density at radius 2 is 1.22 bits per heavy atom. The molecule has 4 rings (SSSR count). The third-order valence-corrected chi connectivity index (χ3v) is 4.99. The number of para-hydroxylation sites is 1. The Hall–Kier alpha value is -3.06. The molecule has 0 bridgehead atoms. The summed E-state index contributed by atoms with van der Waals surface area (Å²) >= 11 is 0. The minimum absolute atomic E-state index is 0.108. The second-order valence-electron chi connectivity index (χ2n) is 7.97. The van der Waals surface area contributed by atoms with Gasteiger partial charge in [0.25, 0.3) is 0 Å². The van der Waals surface area contributed by atoms with Crippen molar-refractivity contribution in [3.8, 4) is 0 Å². The molecule has 0 aliphatic carbocycles. The topological polar surface area (TPSA) is 3.24 Å². The highest BCUT2D eigenvalue weighted by Crippen LogP contribution is 2.39. The first-order valence-electron chi connectivity index (χ1n) is 9.47. The van der Waals surface area contributed by atoms with Gasteiger partial charge in [-0.3, -0.25) is 0 Å². The van der Waals surface area contributed by atoms with Crippen LogP contribution in [-0.2, 0) is 5.41 Å². The van der Waals surface area contributed by atoms with Crippen molar-refractivity contribution in [2.45, 2.75) is 26.2 Å². The largest absolute Gasteiger partial charge is 0.310 e. The van der Waals surface area contributed by atoms with Crippen LogP contribution in [0.3, 0.4) is 0 Å². The lowest BCUT2D eigenvalue weighted by Gasteiger charge is -2.28. The van der Waals surface area contributed by atoms with Crippen LogP contribution < -0.4 is 4.90 Å². The second-order valence-corrected chi connectivity index (χ2v) is 7.97. The molecule has 0 N–H and O–H groups in total. The van der Waals surface area contributed by atoms with Crippen molar-refractivity contribution in [2.24, 2.45) is 0 Å². The van der Waals surface area contributed by atoms with Gasteiger partial charge in [0.2, 0.25) is 0 Å². The van der Waals surface area contributed by atoms with Gasteiger partial charge in [0.1, 0.15) is 0 Å². The molecule has 0 unspecified atom stereocenters. The Kier molecular flexibility index (Phi) is 4.45. The summed E-state index contributed by atoms with van der Waals surface area (Å²) in [5.41, 5.74) is 4.99. The van der Waals surface area contributed by atoms with Crippen molar-refractivity contribution < 1.29 is 0 Å². The number of hydrogen-bond donors (Lipinski definition) is 0. The summed E-state index contributed by atoms with van der Waals surface area (Å²) in [6.45, 7) is 6.78. The number of benzene rings is 4. The van der Waals surface area contributed by atoms with Crippen LogP contribution in [0.5, 0.6) is 0 Å². The molecule has 27 heavy (non-hydrogen) atoms. The number of nitrogens with zero attached hydrogens (tertiary/aromatic N) is 1. The van der Waals surface area contributed by atoms with E-state index in [9.17, 15) is 0 Å². The lowest BCUT2D eigenvalue weighted by molar-refractivity contribution is 0.590. The molecule has 0 fully saturated rings. The molecular formula is C26H25N. The summed E-state index contributed by atoms with van der Waals surface area (Å²) < 4.78 is 0. The van der Waals surface area contributed by atoms with E-state index in [1.807, 2.05) is 0 Å². The molecule has 4 aromatic carbocycles. The van der Waals surface area contributed by atoms with Gasteiger partial charge in [-0.15, -0.1) is 0 Å². The Labute approximate surface area is 161 Å². The Morgan fingerprint density at radius 3 is 2.00 bits per heavy atom.